The largest absolute Gasteiger partial charge is 0.481 e. The molecule has 0 bridgehead atoms. The molecule has 0 aliphatic carbocycles. The molecule has 142 valence electrons. The molecule has 7 heteroatoms. The number of halogens is 3. The van der Waals surface area contributed by atoms with Gasteiger partial charge in [0.25, 0.3) is 5.91 Å². The van der Waals surface area contributed by atoms with Crippen LogP contribution >= 0.6 is 0 Å². The fourth-order valence-electron chi connectivity index (χ4n) is 3.07. The molecule has 1 heterocycles. The van der Waals surface area contributed by atoms with Crippen LogP contribution in [0.25, 0.3) is 10.9 Å². The van der Waals surface area contributed by atoms with Crippen molar-refractivity contribution in [1.82, 2.24) is 10.3 Å². The quantitative estimate of drug-likeness (QED) is 0.685. The molecule has 0 saturated heterocycles. The summed E-state index contributed by atoms with van der Waals surface area (Å²) in [4.78, 5) is 14.9. The lowest BCUT2D eigenvalue weighted by Crippen LogP contribution is -2.30. The number of aromatic amines is 1. The van der Waals surface area contributed by atoms with Crippen molar-refractivity contribution in [3.63, 3.8) is 0 Å². The highest BCUT2D eigenvalue weighted by Gasteiger charge is 2.14. The average molecular weight is 376 g/mol. The third-order valence-corrected chi connectivity index (χ3v) is 4.40. The fraction of sp³-hybridized carbons (Fsp3) is 0.250. The Morgan fingerprint density at radius 1 is 1.11 bits per heavy atom. The highest BCUT2D eigenvalue weighted by atomic mass is 19.2. The molecule has 0 atom stereocenters. The third-order valence-electron chi connectivity index (χ3n) is 4.40. The van der Waals surface area contributed by atoms with Crippen molar-refractivity contribution in [2.75, 3.05) is 13.2 Å². The molecule has 27 heavy (non-hydrogen) atoms. The summed E-state index contributed by atoms with van der Waals surface area (Å²) in [5.74, 6) is -3.26. The van der Waals surface area contributed by atoms with Gasteiger partial charge in [-0.2, -0.15) is 4.39 Å². The second-order valence-corrected chi connectivity index (χ2v) is 6.28. The number of fused-ring (bicyclic) bond motifs is 1. The summed E-state index contributed by atoms with van der Waals surface area (Å²) < 4.78 is 45.6. The normalized spacial score (nSPS) is 11.0. The predicted molar refractivity (Wildman–Crippen MR) is 96.3 cm³/mol. The molecule has 2 N–H and O–H groups in total. The van der Waals surface area contributed by atoms with E-state index in [0.717, 1.165) is 28.3 Å². The number of amides is 1. The second kappa shape index (κ2) is 7.73. The van der Waals surface area contributed by atoms with E-state index < -0.39 is 24.1 Å². The summed E-state index contributed by atoms with van der Waals surface area (Å²) in [7, 11) is 0. The van der Waals surface area contributed by atoms with Gasteiger partial charge in [-0.3, -0.25) is 4.79 Å². The van der Waals surface area contributed by atoms with Crippen LogP contribution < -0.4 is 10.1 Å². The molecule has 0 radical (unpaired) electrons. The van der Waals surface area contributed by atoms with Gasteiger partial charge in [-0.15, -0.1) is 0 Å². The Balaban J connectivity index is 1.59. The van der Waals surface area contributed by atoms with Gasteiger partial charge in [0.2, 0.25) is 5.82 Å². The number of aromatic nitrogens is 1. The van der Waals surface area contributed by atoms with Gasteiger partial charge in [-0.25, -0.2) is 8.78 Å². The van der Waals surface area contributed by atoms with Crippen LogP contribution in [0.2, 0.25) is 0 Å². The van der Waals surface area contributed by atoms with Gasteiger partial charge in [0.05, 0.1) is 5.52 Å². The molecule has 4 nitrogen and oxygen atoms in total. The Bertz CT molecular complexity index is 999. The smallest absolute Gasteiger partial charge is 0.257 e. The summed E-state index contributed by atoms with van der Waals surface area (Å²) in [6.07, 6.45) is 0.496. The minimum Gasteiger partial charge on any atom is -0.481 e. The molecule has 1 aromatic heterocycles. The first-order valence-electron chi connectivity index (χ1n) is 8.48. The average Bonchev–Trinajstić information content (AvgIpc) is 2.97. The molecule has 0 fully saturated rings. The second-order valence-electron chi connectivity index (χ2n) is 6.28. The van der Waals surface area contributed by atoms with Crippen LogP contribution in [0.4, 0.5) is 13.2 Å². The Labute approximate surface area is 154 Å². The van der Waals surface area contributed by atoms with Crippen LogP contribution in [0.1, 0.15) is 16.8 Å². The topological polar surface area (TPSA) is 54.1 Å². The molecule has 2 aromatic carbocycles. The maximum atomic E-state index is 14.0. The first kappa shape index (κ1) is 18.8. The maximum absolute atomic E-state index is 14.0. The van der Waals surface area contributed by atoms with Crippen LogP contribution in [-0.4, -0.2) is 24.0 Å². The van der Waals surface area contributed by atoms with Gasteiger partial charge in [0.15, 0.2) is 18.2 Å². The van der Waals surface area contributed by atoms with E-state index in [4.69, 9.17) is 4.74 Å². The van der Waals surface area contributed by atoms with Crippen LogP contribution in [0, 0.1) is 31.3 Å². The Kier molecular flexibility index (Phi) is 5.39. The van der Waals surface area contributed by atoms with E-state index in [2.05, 4.69) is 10.3 Å². The van der Waals surface area contributed by atoms with Gasteiger partial charge < -0.3 is 15.0 Å². The van der Waals surface area contributed by atoms with Crippen molar-refractivity contribution in [3.05, 3.63) is 64.6 Å². The molecule has 0 saturated carbocycles. The molecule has 0 aliphatic heterocycles. The van der Waals surface area contributed by atoms with Crippen molar-refractivity contribution in [2.24, 2.45) is 0 Å². The van der Waals surface area contributed by atoms with Gasteiger partial charge in [0.1, 0.15) is 5.82 Å². The Morgan fingerprint density at radius 2 is 1.89 bits per heavy atom. The van der Waals surface area contributed by atoms with Gasteiger partial charge in [-0.05, 0) is 49.6 Å². The molecule has 3 aromatic rings. The number of hydrogen-bond donors (Lipinski definition) is 2. The standard InChI is InChI=1S/C20H19F3N2O2/c1-11-6-7-15(22)20-18(11)13(12(2)25-20)8-9-24-17(26)10-27-16-5-3-4-14(21)19(16)23/h3-7,25H,8-10H2,1-2H3,(H,24,26). The Hall–Kier alpha value is -2.96. The monoisotopic (exact) mass is 376 g/mol. The number of ether oxygens (including phenoxy) is 1. The van der Waals surface area contributed by atoms with Gasteiger partial charge in [0, 0.05) is 17.6 Å². The molecule has 1 amide bonds. The van der Waals surface area contributed by atoms with E-state index in [1.165, 1.54) is 18.2 Å². The molecule has 0 aliphatic rings. The number of nitrogens with one attached hydrogen (secondary N) is 2. The lowest BCUT2D eigenvalue weighted by atomic mass is 10.0. The minimum absolute atomic E-state index is 0.303. The zero-order chi connectivity index (χ0) is 19.6. The number of carbonyl (C=O) groups is 1. The van der Waals surface area contributed by atoms with Crippen LogP contribution in [0.15, 0.2) is 30.3 Å². The SMILES string of the molecule is Cc1[nH]c2c(F)ccc(C)c2c1CCNC(=O)COc1cccc(F)c1F. The van der Waals surface area contributed by atoms with E-state index in [0.29, 0.717) is 18.5 Å². The van der Waals surface area contributed by atoms with E-state index >= 15 is 0 Å². The predicted octanol–water partition coefficient (Wildman–Crippen LogP) is 3.94. The summed E-state index contributed by atoms with van der Waals surface area (Å²) in [6.45, 7) is 3.63. The first-order valence-corrected chi connectivity index (χ1v) is 8.48. The number of benzene rings is 2. The zero-order valence-electron chi connectivity index (χ0n) is 15.0. The lowest BCUT2D eigenvalue weighted by molar-refractivity contribution is -0.123. The van der Waals surface area contributed by atoms with E-state index in [1.807, 2.05) is 13.8 Å². The number of H-pyrrole nitrogens is 1. The number of hydrogen-bond acceptors (Lipinski definition) is 2. The molecule has 0 unspecified atom stereocenters. The van der Waals surface area contributed by atoms with Crippen molar-refractivity contribution in [3.8, 4) is 5.75 Å². The van der Waals surface area contributed by atoms with Crippen LogP contribution in [-0.2, 0) is 11.2 Å². The number of rotatable bonds is 6. The third kappa shape index (κ3) is 3.92. The lowest BCUT2D eigenvalue weighted by Gasteiger charge is -2.09. The Morgan fingerprint density at radius 3 is 2.67 bits per heavy atom. The highest BCUT2D eigenvalue weighted by Crippen LogP contribution is 2.27. The van der Waals surface area contributed by atoms with E-state index in [-0.39, 0.29) is 11.6 Å². The van der Waals surface area contributed by atoms with Crippen molar-refractivity contribution < 1.29 is 22.7 Å². The van der Waals surface area contributed by atoms with Gasteiger partial charge >= 0.3 is 0 Å². The minimum atomic E-state index is -1.13. The maximum Gasteiger partial charge on any atom is 0.257 e. The summed E-state index contributed by atoms with van der Waals surface area (Å²) in [5.41, 5.74) is 3.17. The van der Waals surface area contributed by atoms with Crippen molar-refractivity contribution >= 4 is 16.8 Å². The summed E-state index contributed by atoms with van der Waals surface area (Å²) in [6, 6.07) is 6.65. The molecule has 0 spiro atoms. The van der Waals surface area contributed by atoms with Crippen molar-refractivity contribution in [1.29, 1.82) is 0 Å². The van der Waals surface area contributed by atoms with Gasteiger partial charge in [-0.1, -0.05) is 12.1 Å². The van der Waals surface area contributed by atoms with E-state index in [1.54, 1.807) is 6.07 Å². The molecular weight excluding hydrogens is 357 g/mol. The summed E-state index contributed by atoms with van der Waals surface area (Å²) in [5, 5.41) is 3.48. The zero-order valence-corrected chi connectivity index (χ0v) is 15.0. The number of carbonyl (C=O) groups excluding carboxylic acids is 1. The fourth-order valence-corrected chi connectivity index (χ4v) is 3.07. The molecular formula is C20H19F3N2O2. The van der Waals surface area contributed by atoms with Crippen molar-refractivity contribution in [2.45, 2.75) is 20.3 Å². The summed E-state index contributed by atoms with van der Waals surface area (Å²) >= 11 is 0. The van der Waals surface area contributed by atoms with E-state index in [9.17, 15) is 18.0 Å². The molecule has 3 rings (SSSR count). The highest BCUT2D eigenvalue weighted by molar-refractivity contribution is 5.88. The first-order chi connectivity index (χ1) is 12.9. The van der Waals surface area contributed by atoms with Crippen LogP contribution in [0.3, 0.4) is 0 Å². The number of aryl methyl sites for hydroxylation is 2. The van der Waals surface area contributed by atoms with Crippen LogP contribution in [0.5, 0.6) is 5.75 Å².